The lowest BCUT2D eigenvalue weighted by atomic mass is 10.1. The third kappa shape index (κ3) is 3.58. The number of nitrogens with zero attached hydrogens (tertiary/aromatic N) is 2. The number of amides is 3. The first-order chi connectivity index (χ1) is 11.6. The summed E-state index contributed by atoms with van der Waals surface area (Å²) in [6, 6.07) is 5.70. The molecule has 2 heterocycles. The van der Waals surface area contributed by atoms with Crippen LogP contribution in [-0.4, -0.2) is 53.7 Å². The van der Waals surface area contributed by atoms with E-state index < -0.39 is 0 Å². The Labute approximate surface area is 141 Å². The molecule has 24 heavy (non-hydrogen) atoms. The summed E-state index contributed by atoms with van der Waals surface area (Å²) in [4.78, 5) is 39.5. The molecule has 0 saturated carbocycles. The molecule has 2 aliphatic heterocycles. The van der Waals surface area contributed by atoms with E-state index in [2.05, 4.69) is 5.32 Å². The second-order valence-corrected chi connectivity index (χ2v) is 6.36. The van der Waals surface area contributed by atoms with Crippen molar-refractivity contribution in [2.75, 3.05) is 31.5 Å². The molecule has 2 aliphatic rings. The standard InChI is InChI=1S/C18H23N3O3/c1-2-17(23)20-6-3-7-21(9-8-20)18(24)11-13-4-5-15-14(10-13)12-16(22)19-15/h4-5,10H,2-3,6-9,11-12H2,1H3,(H,19,22). The molecule has 1 N–H and O–H groups in total. The minimum absolute atomic E-state index is 0.00155. The van der Waals surface area contributed by atoms with E-state index in [-0.39, 0.29) is 17.7 Å². The summed E-state index contributed by atoms with van der Waals surface area (Å²) < 4.78 is 0. The number of benzene rings is 1. The normalized spacial score (nSPS) is 17.3. The molecule has 1 saturated heterocycles. The highest BCUT2D eigenvalue weighted by atomic mass is 16.2. The predicted octanol–water partition coefficient (Wildman–Crippen LogP) is 1.19. The minimum Gasteiger partial charge on any atom is -0.341 e. The van der Waals surface area contributed by atoms with Gasteiger partial charge in [-0.3, -0.25) is 14.4 Å². The highest BCUT2D eigenvalue weighted by Crippen LogP contribution is 2.24. The number of nitrogens with one attached hydrogen (secondary N) is 1. The van der Waals surface area contributed by atoms with Crippen molar-refractivity contribution in [2.24, 2.45) is 0 Å². The Morgan fingerprint density at radius 1 is 1.08 bits per heavy atom. The second kappa shape index (κ2) is 7.03. The first-order valence-electron chi connectivity index (χ1n) is 8.54. The molecule has 1 aromatic rings. The van der Waals surface area contributed by atoms with Crippen LogP contribution >= 0.6 is 0 Å². The van der Waals surface area contributed by atoms with Crippen LogP contribution in [-0.2, 0) is 27.2 Å². The number of carbonyl (C=O) groups excluding carboxylic acids is 3. The monoisotopic (exact) mass is 329 g/mol. The highest BCUT2D eigenvalue weighted by Gasteiger charge is 2.22. The number of rotatable bonds is 3. The zero-order chi connectivity index (χ0) is 17.1. The fourth-order valence-electron chi connectivity index (χ4n) is 3.32. The van der Waals surface area contributed by atoms with E-state index >= 15 is 0 Å². The molecular formula is C18H23N3O3. The molecule has 0 atom stereocenters. The lowest BCUT2D eigenvalue weighted by Crippen LogP contribution is -2.37. The first kappa shape index (κ1) is 16.5. The lowest BCUT2D eigenvalue weighted by Gasteiger charge is -2.22. The summed E-state index contributed by atoms with van der Waals surface area (Å²) in [7, 11) is 0. The third-order valence-corrected chi connectivity index (χ3v) is 4.65. The zero-order valence-electron chi connectivity index (χ0n) is 14.0. The van der Waals surface area contributed by atoms with Crippen molar-refractivity contribution >= 4 is 23.4 Å². The molecule has 0 aliphatic carbocycles. The Morgan fingerprint density at radius 2 is 1.79 bits per heavy atom. The highest BCUT2D eigenvalue weighted by molar-refractivity contribution is 5.99. The van der Waals surface area contributed by atoms with E-state index in [1.807, 2.05) is 34.9 Å². The van der Waals surface area contributed by atoms with Crippen LogP contribution in [0, 0.1) is 0 Å². The summed E-state index contributed by atoms with van der Waals surface area (Å²) >= 11 is 0. The van der Waals surface area contributed by atoms with Crippen molar-refractivity contribution < 1.29 is 14.4 Å². The topological polar surface area (TPSA) is 69.7 Å². The smallest absolute Gasteiger partial charge is 0.228 e. The van der Waals surface area contributed by atoms with Gasteiger partial charge in [0.25, 0.3) is 0 Å². The maximum atomic E-state index is 12.6. The molecule has 6 heteroatoms. The van der Waals surface area contributed by atoms with Crippen LogP contribution < -0.4 is 5.32 Å². The Balaban J connectivity index is 1.60. The molecular weight excluding hydrogens is 306 g/mol. The van der Waals surface area contributed by atoms with Crippen LogP contribution in [0.2, 0.25) is 0 Å². The Bertz CT molecular complexity index is 671. The Kier molecular flexibility index (Phi) is 4.83. The fourth-order valence-corrected chi connectivity index (χ4v) is 3.32. The van der Waals surface area contributed by atoms with Gasteiger partial charge < -0.3 is 15.1 Å². The van der Waals surface area contributed by atoms with Crippen LogP contribution in [0.4, 0.5) is 5.69 Å². The maximum absolute atomic E-state index is 12.6. The molecule has 1 fully saturated rings. The molecule has 3 amide bonds. The van der Waals surface area contributed by atoms with Crippen molar-refractivity contribution in [1.29, 1.82) is 0 Å². The molecule has 0 unspecified atom stereocenters. The van der Waals surface area contributed by atoms with Gasteiger partial charge in [0.2, 0.25) is 17.7 Å². The van der Waals surface area contributed by atoms with E-state index in [0.29, 0.717) is 38.9 Å². The van der Waals surface area contributed by atoms with Gasteiger partial charge in [-0.2, -0.15) is 0 Å². The van der Waals surface area contributed by atoms with Gasteiger partial charge in [-0.25, -0.2) is 0 Å². The van der Waals surface area contributed by atoms with Gasteiger partial charge in [-0.1, -0.05) is 19.1 Å². The summed E-state index contributed by atoms with van der Waals surface area (Å²) in [5.74, 6) is 0.236. The van der Waals surface area contributed by atoms with Gasteiger partial charge in [0, 0.05) is 38.3 Å². The lowest BCUT2D eigenvalue weighted by molar-refractivity contribution is -0.133. The molecule has 0 aromatic heterocycles. The third-order valence-electron chi connectivity index (χ3n) is 4.65. The maximum Gasteiger partial charge on any atom is 0.228 e. The molecule has 128 valence electrons. The summed E-state index contributed by atoms with van der Waals surface area (Å²) in [6.45, 7) is 4.49. The molecule has 0 bridgehead atoms. The zero-order valence-corrected chi connectivity index (χ0v) is 14.0. The number of hydrogen-bond donors (Lipinski definition) is 1. The van der Waals surface area contributed by atoms with E-state index in [0.717, 1.165) is 29.8 Å². The van der Waals surface area contributed by atoms with Gasteiger partial charge in [0.15, 0.2) is 0 Å². The molecule has 6 nitrogen and oxygen atoms in total. The quantitative estimate of drug-likeness (QED) is 0.906. The van der Waals surface area contributed by atoms with E-state index in [4.69, 9.17) is 0 Å². The van der Waals surface area contributed by atoms with Gasteiger partial charge in [0.1, 0.15) is 0 Å². The number of carbonyl (C=O) groups is 3. The van der Waals surface area contributed by atoms with E-state index in [9.17, 15) is 14.4 Å². The van der Waals surface area contributed by atoms with Crippen LogP contribution in [0.1, 0.15) is 30.9 Å². The molecule has 0 spiro atoms. The Morgan fingerprint density at radius 3 is 2.50 bits per heavy atom. The van der Waals surface area contributed by atoms with Crippen LogP contribution in [0.5, 0.6) is 0 Å². The van der Waals surface area contributed by atoms with Crippen LogP contribution in [0.15, 0.2) is 18.2 Å². The van der Waals surface area contributed by atoms with Crippen molar-refractivity contribution in [2.45, 2.75) is 32.6 Å². The summed E-state index contributed by atoms with van der Waals surface area (Å²) in [5.41, 5.74) is 2.74. The second-order valence-electron chi connectivity index (χ2n) is 6.36. The summed E-state index contributed by atoms with van der Waals surface area (Å²) in [5, 5.41) is 2.80. The van der Waals surface area contributed by atoms with Gasteiger partial charge in [0.05, 0.1) is 12.8 Å². The van der Waals surface area contributed by atoms with Gasteiger partial charge in [-0.05, 0) is 23.6 Å². The predicted molar refractivity (Wildman–Crippen MR) is 90.5 cm³/mol. The number of fused-ring (bicyclic) bond motifs is 1. The largest absolute Gasteiger partial charge is 0.341 e. The van der Waals surface area contributed by atoms with Crippen molar-refractivity contribution in [1.82, 2.24) is 9.80 Å². The number of hydrogen-bond acceptors (Lipinski definition) is 3. The van der Waals surface area contributed by atoms with Crippen LogP contribution in [0.3, 0.4) is 0 Å². The first-order valence-corrected chi connectivity index (χ1v) is 8.54. The fraction of sp³-hybridized carbons (Fsp3) is 0.500. The Hall–Kier alpha value is -2.37. The van der Waals surface area contributed by atoms with E-state index in [1.165, 1.54) is 0 Å². The van der Waals surface area contributed by atoms with Gasteiger partial charge >= 0.3 is 0 Å². The summed E-state index contributed by atoms with van der Waals surface area (Å²) in [6.07, 6.45) is 2.05. The molecule has 0 radical (unpaired) electrons. The molecule has 1 aromatic carbocycles. The van der Waals surface area contributed by atoms with E-state index in [1.54, 1.807) is 0 Å². The SMILES string of the molecule is CCC(=O)N1CCCN(C(=O)Cc2ccc3c(c2)CC(=O)N3)CC1. The minimum atomic E-state index is 0.00155. The average molecular weight is 329 g/mol. The van der Waals surface area contributed by atoms with Crippen molar-refractivity contribution in [3.05, 3.63) is 29.3 Å². The average Bonchev–Trinajstić information content (AvgIpc) is 2.78. The van der Waals surface area contributed by atoms with Gasteiger partial charge in [-0.15, -0.1) is 0 Å². The van der Waals surface area contributed by atoms with Crippen molar-refractivity contribution in [3.63, 3.8) is 0 Å². The molecule has 3 rings (SSSR count). The van der Waals surface area contributed by atoms with Crippen molar-refractivity contribution in [3.8, 4) is 0 Å². The van der Waals surface area contributed by atoms with Crippen LogP contribution in [0.25, 0.3) is 0 Å². The number of anilines is 1.